The topological polar surface area (TPSA) is 73.3 Å². The second kappa shape index (κ2) is 8.64. The summed E-state index contributed by atoms with van der Waals surface area (Å²) in [5, 5.41) is 14.2. The molecule has 0 atom stereocenters. The minimum absolute atomic E-state index is 0.110. The Bertz CT molecular complexity index is 1330. The van der Waals surface area contributed by atoms with Crippen LogP contribution in [0.15, 0.2) is 65.7 Å². The van der Waals surface area contributed by atoms with Gasteiger partial charge in [0.2, 0.25) is 12.7 Å². The number of halogens is 2. The van der Waals surface area contributed by atoms with Crippen LogP contribution in [0.1, 0.15) is 0 Å². The molecule has 0 aliphatic carbocycles. The molecule has 1 aromatic heterocycles. The van der Waals surface area contributed by atoms with E-state index in [4.69, 9.17) is 21.1 Å². The molecule has 4 aromatic rings. The van der Waals surface area contributed by atoms with Gasteiger partial charge in [0, 0.05) is 28.5 Å². The smallest absolute Gasteiger partial charge is 0.234 e. The monoisotopic (exact) mass is 467 g/mol. The zero-order valence-electron chi connectivity index (χ0n) is 16.5. The molecule has 0 saturated carbocycles. The molecule has 6 nitrogen and oxygen atoms in total. The number of carbonyl (C=O) groups excluding carboxylic acids is 1. The lowest BCUT2D eigenvalue weighted by molar-refractivity contribution is -0.113. The van der Waals surface area contributed by atoms with Gasteiger partial charge in [-0.15, -0.1) is 10.2 Å². The number of nitrogens with one attached hydrogen (secondary N) is 1. The van der Waals surface area contributed by atoms with E-state index in [1.807, 2.05) is 24.3 Å². The standard InChI is InChI=1S/C23H15ClFN3O3S/c24-17-9-19-20(31-12-30-19)10-18(17)26-21(29)11-32-23-16-4-2-1-3-15(16)22(27-28-23)13-5-7-14(25)8-6-13/h1-10H,11-12H2,(H,26,29). The van der Waals surface area contributed by atoms with Gasteiger partial charge in [-0.05, 0) is 24.3 Å². The first kappa shape index (κ1) is 20.5. The van der Waals surface area contributed by atoms with Gasteiger partial charge in [-0.1, -0.05) is 47.6 Å². The van der Waals surface area contributed by atoms with Crippen LogP contribution in [0, 0.1) is 5.82 Å². The van der Waals surface area contributed by atoms with Crippen molar-refractivity contribution in [3.05, 3.63) is 71.5 Å². The van der Waals surface area contributed by atoms with Crippen molar-refractivity contribution >= 4 is 45.7 Å². The van der Waals surface area contributed by atoms with Gasteiger partial charge in [-0.25, -0.2) is 4.39 Å². The molecule has 32 heavy (non-hydrogen) atoms. The maximum Gasteiger partial charge on any atom is 0.234 e. The van der Waals surface area contributed by atoms with E-state index < -0.39 is 0 Å². The van der Waals surface area contributed by atoms with Gasteiger partial charge in [0.15, 0.2) is 11.5 Å². The Hall–Kier alpha value is -3.36. The van der Waals surface area contributed by atoms with Gasteiger partial charge in [-0.3, -0.25) is 4.79 Å². The Morgan fingerprint density at radius 1 is 1.03 bits per heavy atom. The van der Waals surface area contributed by atoms with Crippen LogP contribution in [0.5, 0.6) is 11.5 Å². The van der Waals surface area contributed by atoms with E-state index in [1.54, 1.807) is 24.3 Å². The summed E-state index contributed by atoms with van der Waals surface area (Å²) in [6.07, 6.45) is 0. The number of amides is 1. The lowest BCUT2D eigenvalue weighted by Crippen LogP contribution is -2.14. The normalized spacial score (nSPS) is 12.2. The summed E-state index contributed by atoms with van der Waals surface area (Å²) < 4.78 is 23.9. The largest absolute Gasteiger partial charge is 0.454 e. The van der Waals surface area contributed by atoms with Crippen LogP contribution in [0.4, 0.5) is 10.1 Å². The Morgan fingerprint density at radius 3 is 2.53 bits per heavy atom. The van der Waals surface area contributed by atoms with Crippen molar-refractivity contribution in [2.24, 2.45) is 0 Å². The number of ether oxygens (including phenoxy) is 2. The Balaban J connectivity index is 1.35. The van der Waals surface area contributed by atoms with Crippen LogP contribution in [-0.2, 0) is 4.79 Å². The van der Waals surface area contributed by atoms with Crippen molar-refractivity contribution in [2.75, 3.05) is 17.9 Å². The lowest BCUT2D eigenvalue weighted by atomic mass is 10.1. The fourth-order valence-corrected chi connectivity index (χ4v) is 4.31. The maximum atomic E-state index is 13.3. The minimum Gasteiger partial charge on any atom is -0.454 e. The summed E-state index contributed by atoms with van der Waals surface area (Å²) >= 11 is 7.50. The maximum absolute atomic E-state index is 13.3. The Kier molecular flexibility index (Phi) is 5.55. The number of rotatable bonds is 5. The molecule has 1 amide bonds. The Morgan fingerprint density at radius 2 is 1.75 bits per heavy atom. The van der Waals surface area contributed by atoms with E-state index in [0.29, 0.717) is 32.9 Å². The first-order valence-corrected chi connectivity index (χ1v) is 11.0. The van der Waals surface area contributed by atoms with E-state index in [2.05, 4.69) is 15.5 Å². The first-order valence-electron chi connectivity index (χ1n) is 9.61. The summed E-state index contributed by atoms with van der Waals surface area (Å²) in [6.45, 7) is 0.124. The number of aromatic nitrogens is 2. The summed E-state index contributed by atoms with van der Waals surface area (Å²) in [7, 11) is 0. The number of nitrogens with zero attached hydrogens (tertiary/aromatic N) is 2. The highest BCUT2D eigenvalue weighted by Gasteiger charge is 2.18. The van der Waals surface area contributed by atoms with Crippen LogP contribution < -0.4 is 14.8 Å². The van der Waals surface area contributed by atoms with Crippen LogP contribution in [0.3, 0.4) is 0 Å². The third-order valence-corrected chi connectivity index (χ3v) is 6.14. The average molecular weight is 468 g/mol. The van der Waals surface area contributed by atoms with E-state index in [-0.39, 0.29) is 24.3 Å². The number of hydrogen-bond acceptors (Lipinski definition) is 6. The molecule has 2 heterocycles. The predicted octanol–water partition coefficient (Wildman–Crippen LogP) is 5.55. The average Bonchev–Trinajstić information content (AvgIpc) is 3.25. The highest BCUT2D eigenvalue weighted by Crippen LogP contribution is 2.39. The van der Waals surface area contributed by atoms with Gasteiger partial charge in [0.1, 0.15) is 16.5 Å². The number of anilines is 1. The summed E-state index contributed by atoms with van der Waals surface area (Å²) in [5.41, 5.74) is 1.87. The van der Waals surface area contributed by atoms with E-state index in [1.165, 1.54) is 23.9 Å². The predicted molar refractivity (Wildman–Crippen MR) is 122 cm³/mol. The van der Waals surface area contributed by atoms with Crippen molar-refractivity contribution in [2.45, 2.75) is 5.03 Å². The molecule has 0 bridgehead atoms. The molecule has 0 radical (unpaired) electrons. The number of fused-ring (bicyclic) bond motifs is 2. The second-order valence-corrected chi connectivity index (χ2v) is 8.30. The number of carbonyl (C=O) groups is 1. The fourth-order valence-electron chi connectivity index (χ4n) is 3.34. The highest BCUT2D eigenvalue weighted by molar-refractivity contribution is 8.00. The molecule has 9 heteroatoms. The van der Waals surface area contributed by atoms with Crippen LogP contribution >= 0.6 is 23.4 Å². The molecule has 1 aliphatic heterocycles. The summed E-state index contributed by atoms with van der Waals surface area (Å²) in [5.74, 6) is 0.631. The molecular formula is C23H15ClFN3O3S. The Labute approximate surface area is 191 Å². The molecule has 3 aromatic carbocycles. The molecule has 160 valence electrons. The molecule has 0 spiro atoms. The van der Waals surface area contributed by atoms with E-state index >= 15 is 0 Å². The highest BCUT2D eigenvalue weighted by atomic mass is 35.5. The molecule has 0 fully saturated rings. The molecule has 5 rings (SSSR count). The fraction of sp³-hybridized carbons (Fsp3) is 0.0870. The van der Waals surface area contributed by atoms with Crippen molar-refractivity contribution < 1.29 is 18.7 Å². The van der Waals surface area contributed by atoms with Crippen LogP contribution in [0.25, 0.3) is 22.0 Å². The van der Waals surface area contributed by atoms with Gasteiger partial charge in [-0.2, -0.15) is 0 Å². The van der Waals surface area contributed by atoms with Gasteiger partial charge >= 0.3 is 0 Å². The molecule has 1 N–H and O–H groups in total. The minimum atomic E-state index is -0.313. The van der Waals surface area contributed by atoms with Crippen molar-refractivity contribution in [1.29, 1.82) is 0 Å². The van der Waals surface area contributed by atoms with Gasteiger partial charge in [0.05, 0.1) is 16.5 Å². The van der Waals surface area contributed by atoms with E-state index in [0.717, 1.165) is 16.3 Å². The zero-order chi connectivity index (χ0) is 22.1. The molecular weight excluding hydrogens is 453 g/mol. The second-order valence-electron chi connectivity index (χ2n) is 6.93. The zero-order valence-corrected chi connectivity index (χ0v) is 18.0. The summed E-state index contributed by atoms with van der Waals surface area (Å²) in [4.78, 5) is 12.5. The van der Waals surface area contributed by atoms with Crippen LogP contribution in [0.2, 0.25) is 5.02 Å². The third kappa shape index (κ3) is 4.06. The molecule has 1 aliphatic rings. The van der Waals surface area contributed by atoms with Gasteiger partial charge < -0.3 is 14.8 Å². The summed E-state index contributed by atoms with van der Waals surface area (Å²) in [6, 6.07) is 17.0. The SMILES string of the molecule is O=C(CSc1nnc(-c2ccc(F)cc2)c2ccccc12)Nc1cc2c(cc1Cl)OCO2. The number of hydrogen-bond donors (Lipinski definition) is 1. The molecule has 0 saturated heterocycles. The quantitative estimate of drug-likeness (QED) is 0.388. The van der Waals surface area contributed by atoms with Crippen LogP contribution in [-0.4, -0.2) is 28.7 Å². The first-order chi connectivity index (χ1) is 15.6. The number of thioether (sulfide) groups is 1. The van der Waals surface area contributed by atoms with Crippen molar-refractivity contribution in [1.82, 2.24) is 10.2 Å². The van der Waals surface area contributed by atoms with Crippen molar-refractivity contribution in [3.8, 4) is 22.8 Å². The number of benzene rings is 3. The van der Waals surface area contributed by atoms with Gasteiger partial charge in [0.25, 0.3) is 0 Å². The lowest BCUT2D eigenvalue weighted by Gasteiger charge is -2.10. The molecule has 0 unspecified atom stereocenters. The van der Waals surface area contributed by atoms with Crippen molar-refractivity contribution in [3.63, 3.8) is 0 Å². The van der Waals surface area contributed by atoms with E-state index in [9.17, 15) is 9.18 Å². The third-order valence-electron chi connectivity index (χ3n) is 4.85.